The molecule has 2 aliphatic rings. The minimum atomic E-state index is -5.33. The van der Waals surface area contributed by atoms with Crippen molar-refractivity contribution < 1.29 is 49.4 Å². The van der Waals surface area contributed by atoms with Crippen LogP contribution in [0, 0.1) is 0 Å². The van der Waals surface area contributed by atoms with Gasteiger partial charge in [0, 0.05) is 19.2 Å². The summed E-state index contributed by atoms with van der Waals surface area (Å²) in [7, 11) is 0. The van der Waals surface area contributed by atoms with E-state index in [2.05, 4.69) is 5.32 Å². The van der Waals surface area contributed by atoms with Crippen LogP contribution in [-0.2, 0) is 29.0 Å². The van der Waals surface area contributed by atoms with Gasteiger partial charge < -0.3 is 15.3 Å². The van der Waals surface area contributed by atoms with Gasteiger partial charge in [-0.25, -0.2) is 0 Å². The van der Waals surface area contributed by atoms with Crippen molar-refractivity contribution in [1.82, 2.24) is 5.32 Å². The molecule has 2 aromatic rings. The van der Waals surface area contributed by atoms with E-state index in [1.54, 1.807) is 12.1 Å². The lowest BCUT2D eigenvalue weighted by molar-refractivity contribution is -0.195. The summed E-state index contributed by atoms with van der Waals surface area (Å²) >= 11 is 0. The number of nitrogens with zero attached hydrogens (tertiary/aromatic N) is 1. The zero-order valence-electron chi connectivity index (χ0n) is 20.6. The summed E-state index contributed by atoms with van der Waals surface area (Å²) in [6.07, 6.45) is -14.9. The molecule has 3 unspecified atom stereocenters. The average Bonchev–Trinajstić information content (AvgIpc) is 3.23. The molecule has 1 amide bonds. The number of halogens is 9. The van der Waals surface area contributed by atoms with Gasteiger partial charge in [-0.05, 0) is 72.7 Å². The Kier molecular flexibility index (Phi) is 7.37. The summed E-state index contributed by atoms with van der Waals surface area (Å²) in [4.78, 5) is 12.7. The number of aryl methyl sites for hydroxylation is 1. The van der Waals surface area contributed by atoms with E-state index in [0.29, 0.717) is 19.3 Å². The number of carbonyl (C=O) groups is 1. The molecule has 0 saturated carbocycles. The third kappa shape index (κ3) is 5.29. The van der Waals surface area contributed by atoms with Gasteiger partial charge >= 0.3 is 18.5 Å². The van der Waals surface area contributed by atoms with E-state index in [0.717, 1.165) is 11.1 Å². The Morgan fingerprint density at radius 1 is 1.00 bits per heavy atom. The van der Waals surface area contributed by atoms with Gasteiger partial charge in [0.1, 0.15) is 5.41 Å². The van der Waals surface area contributed by atoms with Crippen molar-refractivity contribution in [3.05, 3.63) is 64.2 Å². The second kappa shape index (κ2) is 9.90. The molecule has 13 heteroatoms. The van der Waals surface area contributed by atoms with Crippen LogP contribution < -0.4 is 10.2 Å². The van der Waals surface area contributed by atoms with Gasteiger partial charge in [-0.15, -0.1) is 0 Å². The molecule has 0 radical (unpaired) electrons. The molecule has 0 spiro atoms. The number of anilines is 1. The zero-order chi connectivity index (χ0) is 29.0. The van der Waals surface area contributed by atoms with E-state index < -0.39 is 59.7 Å². The summed E-state index contributed by atoms with van der Waals surface area (Å²) in [6.45, 7) is -0.202. The van der Waals surface area contributed by atoms with Gasteiger partial charge in [-0.1, -0.05) is 6.07 Å². The van der Waals surface area contributed by atoms with Crippen LogP contribution in [0.2, 0.25) is 0 Å². The molecule has 4 rings (SSSR count). The van der Waals surface area contributed by atoms with Crippen LogP contribution in [0.15, 0.2) is 36.4 Å². The van der Waals surface area contributed by atoms with Crippen molar-refractivity contribution in [1.29, 1.82) is 0 Å². The number of fused-ring (bicyclic) bond motifs is 1. The number of alkyl halides is 9. The summed E-state index contributed by atoms with van der Waals surface area (Å²) in [5.41, 5.74) is -6.37. The molecule has 2 N–H and O–H groups in total. The monoisotopic (exact) mass is 568 g/mol. The van der Waals surface area contributed by atoms with Gasteiger partial charge in [-0.3, -0.25) is 4.79 Å². The van der Waals surface area contributed by atoms with Gasteiger partial charge in [0.15, 0.2) is 0 Å². The maximum Gasteiger partial charge on any atom is 0.416 e. The van der Waals surface area contributed by atoms with Crippen molar-refractivity contribution in [2.45, 2.75) is 68.6 Å². The van der Waals surface area contributed by atoms with Gasteiger partial charge in [0.05, 0.1) is 29.8 Å². The van der Waals surface area contributed by atoms with E-state index in [4.69, 9.17) is 0 Å². The van der Waals surface area contributed by atoms with E-state index in [1.807, 2.05) is 0 Å². The minimum absolute atomic E-state index is 0.0970. The van der Waals surface area contributed by atoms with Crippen molar-refractivity contribution in [2.24, 2.45) is 0 Å². The topological polar surface area (TPSA) is 52.6 Å². The van der Waals surface area contributed by atoms with Crippen LogP contribution in [0.5, 0.6) is 0 Å². The second-order valence-electron chi connectivity index (χ2n) is 9.93. The summed E-state index contributed by atoms with van der Waals surface area (Å²) < 4.78 is 125. The smallest absolute Gasteiger partial charge is 0.394 e. The number of hydrogen-bond donors (Lipinski definition) is 2. The number of carbonyl (C=O) groups excluding carboxylic acids is 1. The summed E-state index contributed by atoms with van der Waals surface area (Å²) in [5.74, 6) is -0.258. The van der Waals surface area contributed by atoms with Crippen LogP contribution in [0.25, 0.3) is 0 Å². The van der Waals surface area contributed by atoms with E-state index in [-0.39, 0.29) is 42.4 Å². The molecule has 1 saturated heterocycles. The molecular formula is C26H25F9N2O2. The third-order valence-electron chi connectivity index (χ3n) is 7.62. The lowest BCUT2D eigenvalue weighted by atomic mass is 9.72. The van der Waals surface area contributed by atoms with E-state index >= 15 is 0 Å². The number of rotatable bonds is 4. The van der Waals surface area contributed by atoms with Crippen LogP contribution in [0.3, 0.4) is 0 Å². The fourth-order valence-corrected chi connectivity index (χ4v) is 5.87. The van der Waals surface area contributed by atoms with Crippen molar-refractivity contribution >= 4 is 11.6 Å². The van der Waals surface area contributed by atoms with Crippen LogP contribution in [0.1, 0.15) is 60.0 Å². The number of benzene rings is 2. The van der Waals surface area contributed by atoms with Gasteiger partial charge in [0.2, 0.25) is 5.91 Å². The quantitative estimate of drug-likeness (QED) is 0.426. The molecule has 1 aliphatic heterocycles. The Morgan fingerprint density at radius 3 is 2.13 bits per heavy atom. The molecule has 39 heavy (non-hydrogen) atoms. The highest BCUT2D eigenvalue weighted by Crippen LogP contribution is 2.54. The molecule has 3 atom stereocenters. The lowest BCUT2D eigenvalue weighted by Crippen LogP contribution is -2.54. The minimum Gasteiger partial charge on any atom is -0.394 e. The van der Waals surface area contributed by atoms with Crippen LogP contribution >= 0.6 is 0 Å². The highest BCUT2D eigenvalue weighted by molar-refractivity contribution is 5.73. The maximum atomic E-state index is 14.8. The van der Waals surface area contributed by atoms with Crippen molar-refractivity contribution in [3.63, 3.8) is 0 Å². The van der Waals surface area contributed by atoms with E-state index in [1.165, 1.54) is 17.9 Å². The first-order valence-electron chi connectivity index (χ1n) is 12.1. The normalized spacial score (nSPS) is 24.0. The molecule has 1 aliphatic carbocycles. The Hall–Kier alpha value is -2.96. The third-order valence-corrected chi connectivity index (χ3v) is 7.62. The Morgan fingerprint density at radius 2 is 1.62 bits per heavy atom. The SMILES string of the molecule is CC(=O)NC1CCCc2cc(N3CCC(c4cc(C(F)(F)F)cc(C(F)(F)F)c4)(C(F)(F)F)C3CO)ccc21. The second-order valence-corrected chi connectivity index (χ2v) is 9.93. The summed E-state index contributed by atoms with van der Waals surface area (Å²) in [5, 5.41) is 13.0. The van der Waals surface area contributed by atoms with Gasteiger partial charge in [0.25, 0.3) is 0 Å². The number of hydrogen-bond acceptors (Lipinski definition) is 3. The predicted molar refractivity (Wildman–Crippen MR) is 123 cm³/mol. The summed E-state index contributed by atoms with van der Waals surface area (Å²) in [6, 6.07) is 2.51. The fourth-order valence-electron chi connectivity index (χ4n) is 5.87. The maximum absolute atomic E-state index is 14.8. The highest BCUT2D eigenvalue weighted by atomic mass is 19.4. The number of aliphatic hydroxyl groups excluding tert-OH is 1. The van der Waals surface area contributed by atoms with Gasteiger partial charge in [-0.2, -0.15) is 39.5 Å². The molecule has 1 heterocycles. The largest absolute Gasteiger partial charge is 0.416 e. The molecule has 1 fully saturated rings. The first-order valence-corrected chi connectivity index (χ1v) is 12.1. The fraction of sp³-hybridized carbons (Fsp3) is 0.500. The number of amides is 1. The first-order chi connectivity index (χ1) is 18.0. The molecular weight excluding hydrogens is 543 g/mol. The molecule has 0 bridgehead atoms. The Balaban J connectivity index is 1.84. The van der Waals surface area contributed by atoms with Crippen LogP contribution in [-0.4, -0.2) is 36.4 Å². The van der Waals surface area contributed by atoms with Crippen molar-refractivity contribution in [3.8, 4) is 0 Å². The zero-order valence-corrected chi connectivity index (χ0v) is 20.6. The average molecular weight is 568 g/mol. The Labute approximate surface area is 217 Å². The van der Waals surface area contributed by atoms with E-state index in [9.17, 15) is 49.4 Å². The van der Waals surface area contributed by atoms with Crippen LogP contribution in [0.4, 0.5) is 45.2 Å². The standard InChI is InChI=1S/C26H25F9N2O2/c1-14(39)36-21-4-2-3-15-9-19(5-6-20(15)21)37-8-7-23(22(37)13-38,26(33,34)35)16-10-17(24(27,28)29)12-18(11-16)25(30,31)32/h5-6,9-12,21-22,38H,2-4,7-8,13H2,1H3,(H,36,39). The Bertz CT molecular complexity index is 1210. The molecule has 4 nitrogen and oxygen atoms in total. The number of nitrogens with one attached hydrogen (secondary N) is 1. The molecule has 0 aromatic heterocycles. The highest BCUT2D eigenvalue weighted by Gasteiger charge is 2.65. The van der Waals surface area contributed by atoms with Crippen molar-refractivity contribution in [2.75, 3.05) is 18.1 Å². The predicted octanol–water partition coefficient (Wildman–Crippen LogP) is 6.31. The molecule has 2 aromatic carbocycles. The molecule has 214 valence electrons. The number of aliphatic hydroxyl groups is 1. The first kappa shape index (κ1) is 29.0. The lowest BCUT2D eigenvalue weighted by Gasteiger charge is -2.40.